The Labute approximate surface area is 150 Å². The number of amides is 1. The fourth-order valence-corrected chi connectivity index (χ4v) is 3.98. The van der Waals surface area contributed by atoms with Crippen LogP contribution in [-0.4, -0.2) is 43.5 Å². The lowest BCUT2D eigenvalue weighted by Crippen LogP contribution is -2.36. The smallest absolute Gasteiger partial charge is 0.240 e. The Morgan fingerprint density at radius 3 is 2.64 bits per heavy atom. The van der Waals surface area contributed by atoms with Crippen molar-refractivity contribution in [1.29, 1.82) is 0 Å². The van der Waals surface area contributed by atoms with Gasteiger partial charge in [-0.15, -0.1) is 0 Å². The number of rotatable bonds is 7. The number of sulfonamides is 1. The molecule has 0 aromatic heterocycles. The lowest BCUT2D eigenvalue weighted by atomic mass is 9.99. The first kappa shape index (κ1) is 19.9. The van der Waals surface area contributed by atoms with Crippen molar-refractivity contribution in [1.82, 2.24) is 9.62 Å². The van der Waals surface area contributed by atoms with Crippen molar-refractivity contribution in [2.75, 3.05) is 13.1 Å². The molecular formula is C18H28N2O4S. The lowest BCUT2D eigenvalue weighted by molar-refractivity contribution is -0.132. The quantitative estimate of drug-likeness (QED) is 0.766. The van der Waals surface area contributed by atoms with E-state index in [1.165, 1.54) is 0 Å². The highest BCUT2D eigenvalue weighted by molar-refractivity contribution is 7.89. The van der Waals surface area contributed by atoms with Crippen molar-refractivity contribution < 1.29 is 18.3 Å². The van der Waals surface area contributed by atoms with E-state index in [-0.39, 0.29) is 17.3 Å². The van der Waals surface area contributed by atoms with E-state index in [4.69, 9.17) is 0 Å². The summed E-state index contributed by atoms with van der Waals surface area (Å²) < 4.78 is 27.3. The normalized spacial score (nSPS) is 16.0. The second-order valence-electron chi connectivity index (χ2n) is 7.13. The Balaban J connectivity index is 2.12. The molecule has 140 valence electrons. The van der Waals surface area contributed by atoms with Gasteiger partial charge in [0.1, 0.15) is 0 Å². The SMILES string of the molecule is CC(C)CC(=O)N1CCc2ccc(S(=O)(=O)NCC[C@@H](C)O)cc2C1. The molecule has 2 N–H and O–H groups in total. The molecule has 1 aromatic rings. The molecule has 2 rings (SSSR count). The topological polar surface area (TPSA) is 86.7 Å². The third kappa shape index (κ3) is 5.52. The number of carbonyl (C=O) groups excluding carboxylic acids is 1. The third-order valence-corrected chi connectivity index (χ3v) is 5.75. The maximum atomic E-state index is 12.4. The van der Waals surface area contributed by atoms with Gasteiger partial charge in [0.15, 0.2) is 0 Å². The van der Waals surface area contributed by atoms with Gasteiger partial charge in [0, 0.05) is 26.1 Å². The second-order valence-corrected chi connectivity index (χ2v) is 8.90. The van der Waals surface area contributed by atoms with Gasteiger partial charge in [-0.3, -0.25) is 4.79 Å². The summed E-state index contributed by atoms with van der Waals surface area (Å²) in [6, 6.07) is 5.10. The minimum Gasteiger partial charge on any atom is -0.393 e. The molecule has 0 saturated carbocycles. The Morgan fingerprint density at radius 2 is 2.00 bits per heavy atom. The van der Waals surface area contributed by atoms with Gasteiger partial charge in [0.25, 0.3) is 0 Å². The highest BCUT2D eigenvalue weighted by Crippen LogP contribution is 2.23. The number of hydrogen-bond acceptors (Lipinski definition) is 4. The predicted octanol–water partition coefficient (Wildman–Crippen LogP) is 1.67. The number of nitrogens with zero attached hydrogens (tertiary/aromatic N) is 1. The zero-order valence-electron chi connectivity index (χ0n) is 15.2. The van der Waals surface area contributed by atoms with Crippen LogP contribution in [0.2, 0.25) is 0 Å². The van der Waals surface area contributed by atoms with Gasteiger partial charge in [-0.2, -0.15) is 0 Å². The fraction of sp³-hybridized carbons (Fsp3) is 0.611. The summed E-state index contributed by atoms with van der Waals surface area (Å²) in [5.41, 5.74) is 1.98. The molecule has 1 aliphatic heterocycles. The van der Waals surface area contributed by atoms with E-state index in [9.17, 15) is 18.3 Å². The van der Waals surface area contributed by atoms with E-state index in [1.54, 1.807) is 24.0 Å². The van der Waals surface area contributed by atoms with Crippen LogP contribution < -0.4 is 4.72 Å². The van der Waals surface area contributed by atoms with Crippen LogP contribution in [-0.2, 0) is 27.8 Å². The van der Waals surface area contributed by atoms with Crippen molar-refractivity contribution in [2.45, 2.75) is 57.6 Å². The number of aliphatic hydroxyl groups excluding tert-OH is 1. The summed E-state index contributed by atoms with van der Waals surface area (Å²) in [4.78, 5) is 14.3. The first-order valence-electron chi connectivity index (χ1n) is 8.76. The van der Waals surface area contributed by atoms with Gasteiger partial charge in [0.05, 0.1) is 11.0 Å². The largest absolute Gasteiger partial charge is 0.393 e. The molecule has 1 heterocycles. The van der Waals surface area contributed by atoms with E-state index < -0.39 is 16.1 Å². The zero-order chi connectivity index (χ0) is 18.6. The van der Waals surface area contributed by atoms with Gasteiger partial charge in [-0.25, -0.2) is 13.1 Å². The molecule has 25 heavy (non-hydrogen) atoms. The molecule has 0 unspecified atom stereocenters. The van der Waals surface area contributed by atoms with Crippen molar-refractivity contribution in [2.24, 2.45) is 5.92 Å². The van der Waals surface area contributed by atoms with Gasteiger partial charge in [0.2, 0.25) is 15.9 Å². The van der Waals surface area contributed by atoms with Crippen LogP contribution in [0.1, 0.15) is 44.7 Å². The van der Waals surface area contributed by atoms with E-state index in [0.29, 0.717) is 31.8 Å². The number of hydrogen-bond donors (Lipinski definition) is 2. The van der Waals surface area contributed by atoms with Gasteiger partial charge < -0.3 is 10.0 Å². The minimum absolute atomic E-state index is 0.115. The Bertz CT molecular complexity index is 714. The summed E-state index contributed by atoms with van der Waals surface area (Å²) in [6.07, 6.45) is 1.07. The van der Waals surface area contributed by atoms with Crippen molar-refractivity contribution >= 4 is 15.9 Å². The van der Waals surface area contributed by atoms with Crippen molar-refractivity contribution in [3.63, 3.8) is 0 Å². The van der Waals surface area contributed by atoms with Crippen LogP contribution in [0.15, 0.2) is 23.1 Å². The highest BCUT2D eigenvalue weighted by Gasteiger charge is 2.23. The molecule has 0 aliphatic carbocycles. The van der Waals surface area contributed by atoms with Crippen LogP contribution in [0.3, 0.4) is 0 Å². The van der Waals surface area contributed by atoms with Crippen molar-refractivity contribution in [3.05, 3.63) is 29.3 Å². The summed E-state index contributed by atoms with van der Waals surface area (Å²) in [5, 5.41) is 9.25. The minimum atomic E-state index is -3.61. The number of benzene rings is 1. The van der Waals surface area contributed by atoms with Gasteiger partial charge >= 0.3 is 0 Å². The molecule has 0 saturated heterocycles. The molecule has 7 heteroatoms. The maximum Gasteiger partial charge on any atom is 0.240 e. The number of carbonyl (C=O) groups is 1. The van der Waals surface area contributed by atoms with Crippen LogP contribution in [0, 0.1) is 5.92 Å². The highest BCUT2D eigenvalue weighted by atomic mass is 32.2. The molecule has 0 bridgehead atoms. The second kappa shape index (κ2) is 8.29. The summed E-state index contributed by atoms with van der Waals surface area (Å²) in [6.45, 7) is 6.97. The monoisotopic (exact) mass is 368 g/mol. The molecule has 1 aromatic carbocycles. The van der Waals surface area contributed by atoms with E-state index in [2.05, 4.69) is 4.72 Å². The Morgan fingerprint density at radius 1 is 1.28 bits per heavy atom. The Hall–Kier alpha value is -1.44. The molecule has 0 fully saturated rings. The average molecular weight is 368 g/mol. The first-order chi connectivity index (χ1) is 11.7. The molecule has 6 nitrogen and oxygen atoms in total. The fourth-order valence-electron chi connectivity index (χ4n) is 2.88. The third-order valence-electron chi connectivity index (χ3n) is 4.29. The van der Waals surface area contributed by atoms with E-state index >= 15 is 0 Å². The Kier molecular flexibility index (Phi) is 6.59. The average Bonchev–Trinajstić information content (AvgIpc) is 2.52. The first-order valence-corrected chi connectivity index (χ1v) is 10.2. The number of nitrogens with one attached hydrogen (secondary N) is 1. The van der Waals surface area contributed by atoms with Crippen LogP contribution in [0.4, 0.5) is 0 Å². The number of fused-ring (bicyclic) bond motifs is 1. The summed E-state index contributed by atoms with van der Waals surface area (Å²) in [5.74, 6) is 0.419. The van der Waals surface area contributed by atoms with Crippen molar-refractivity contribution in [3.8, 4) is 0 Å². The van der Waals surface area contributed by atoms with Crippen LogP contribution >= 0.6 is 0 Å². The molecule has 0 radical (unpaired) electrons. The maximum absolute atomic E-state index is 12.4. The molecule has 0 spiro atoms. The molecule has 1 atom stereocenters. The lowest BCUT2D eigenvalue weighted by Gasteiger charge is -2.30. The molecule has 1 amide bonds. The predicted molar refractivity (Wildman–Crippen MR) is 96.5 cm³/mol. The van der Waals surface area contributed by atoms with E-state index in [0.717, 1.165) is 17.5 Å². The standard InChI is InChI=1S/C18H28N2O4S/c1-13(2)10-18(22)20-9-7-15-4-5-17(11-16(15)12-20)25(23,24)19-8-6-14(3)21/h4-5,11,13-14,19,21H,6-10,12H2,1-3H3/t14-/m1/s1. The summed E-state index contributed by atoms with van der Waals surface area (Å²) in [7, 11) is -3.61. The molecule has 1 aliphatic rings. The molecular weight excluding hydrogens is 340 g/mol. The zero-order valence-corrected chi connectivity index (χ0v) is 16.0. The van der Waals surface area contributed by atoms with Crippen LogP contribution in [0.25, 0.3) is 0 Å². The van der Waals surface area contributed by atoms with Gasteiger partial charge in [-0.05, 0) is 48.9 Å². The van der Waals surface area contributed by atoms with Crippen LogP contribution in [0.5, 0.6) is 0 Å². The number of aliphatic hydroxyl groups is 1. The summed E-state index contributed by atoms with van der Waals surface area (Å²) >= 11 is 0. The van der Waals surface area contributed by atoms with E-state index in [1.807, 2.05) is 19.9 Å². The van der Waals surface area contributed by atoms with Gasteiger partial charge in [-0.1, -0.05) is 19.9 Å².